The summed E-state index contributed by atoms with van der Waals surface area (Å²) >= 11 is 3.41. The van der Waals surface area contributed by atoms with E-state index in [1.807, 2.05) is 25.1 Å². The van der Waals surface area contributed by atoms with E-state index in [9.17, 15) is 4.79 Å². The molecule has 0 aromatic heterocycles. The summed E-state index contributed by atoms with van der Waals surface area (Å²) < 4.78 is 5.06. The molecular formula is C13H18BrNO2. The lowest BCUT2D eigenvalue weighted by molar-refractivity contribution is -0.126. The smallest absolute Gasteiger partial charge is 0.246 e. The number of carbonyl (C=O) groups excluding carboxylic acids is 1. The molecule has 0 spiro atoms. The van der Waals surface area contributed by atoms with Gasteiger partial charge in [0.25, 0.3) is 0 Å². The molecule has 1 aromatic carbocycles. The van der Waals surface area contributed by atoms with Crippen LogP contribution in [0, 0.1) is 0 Å². The van der Waals surface area contributed by atoms with Crippen molar-refractivity contribution < 1.29 is 9.53 Å². The molecule has 1 unspecified atom stereocenters. The van der Waals surface area contributed by atoms with Gasteiger partial charge in [-0.15, -0.1) is 0 Å². The van der Waals surface area contributed by atoms with Crippen molar-refractivity contribution >= 4 is 21.8 Å². The summed E-state index contributed by atoms with van der Waals surface area (Å²) in [6.07, 6.45) is 0.823. The third-order valence-corrected chi connectivity index (χ3v) is 3.10. The molecule has 0 aliphatic heterocycles. The molecule has 0 saturated carbocycles. The van der Waals surface area contributed by atoms with Crippen molar-refractivity contribution in [2.75, 3.05) is 18.5 Å². The molecule has 0 aliphatic carbocycles. The molecule has 94 valence electrons. The Labute approximate surface area is 111 Å². The molecule has 1 rings (SSSR count). The zero-order valence-electron chi connectivity index (χ0n) is 9.99. The van der Waals surface area contributed by atoms with Gasteiger partial charge in [-0.3, -0.25) is 4.79 Å². The van der Waals surface area contributed by atoms with Gasteiger partial charge in [-0.1, -0.05) is 46.3 Å². The van der Waals surface area contributed by atoms with Crippen LogP contribution in [0.25, 0.3) is 0 Å². The predicted octanol–water partition coefficient (Wildman–Crippen LogP) is 2.15. The van der Waals surface area contributed by atoms with Crippen molar-refractivity contribution in [2.24, 2.45) is 0 Å². The number of benzene rings is 1. The second-order valence-corrected chi connectivity index (χ2v) is 4.39. The summed E-state index contributed by atoms with van der Waals surface area (Å²) in [5.74, 6) is -0.0627. The van der Waals surface area contributed by atoms with Gasteiger partial charge in [-0.05, 0) is 18.9 Å². The van der Waals surface area contributed by atoms with Crippen molar-refractivity contribution in [2.45, 2.75) is 19.4 Å². The topological polar surface area (TPSA) is 38.3 Å². The first-order valence-corrected chi connectivity index (χ1v) is 6.85. The van der Waals surface area contributed by atoms with E-state index in [2.05, 4.69) is 33.4 Å². The van der Waals surface area contributed by atoms with Gasteiger partial charge in [0.1, 0.15) is 6.61 Å². The van der Waals surface area contributed by atoms with Gasteiger partial charge in [0.15, 0.2) is 0 Å². The second-order valence-electron chi connectivity index (χ2n) is 3.75. The normalized spacial score (nSPS) is 12.1. The number of nitrogens with one attached hydrogen (secondary N) is 1. The SMILES string of the molecule is CCOCC(=O)NC(CBr)Cc1ccccc1. The summed E-state index contributed by atoms with van der Waals surface area (Å²) in [7, 11) is 0. The molecule has 1 atom stereocenters. The van der Waals surface area contributed by atoms with Crippen LogP contribution in [0.15, 0.2) is 30.3 Å². The number of hydrogen-bond acceptors (Lipinski definition) is 2. The maximum atomic E-state index is 11.5. The summed E-state index contributed by atoms with van der Waals surface area (Å²) in [4.78, 5) is 11.5. The number of amides is 1. The Balaban J connectivity index is 2.41. The van der Waals surface area contributed by atoms with Crippen LogP contribution >= 0.6 is 15.9 Å². The van der Waals surface area contributed by atoms with Crippen molar-refractivity contribution in [1.29, 1.82) is 0 Å². The minimum Gasteiger partial charge on any atom is -0.372 e. The quantitative estimate of drug-likeness (QED) is 0.784. The lowest BCUT2D eigenvalue weighted by Gasteiger charge is -2.16. The van der Waals surface area contributed by atoms with E-state index in [1.165, 1.54) is 5.56 Å². The molecule has 0 heterocycles. The minimum absolute atomic E-state index is 0.0627. The van der Waals surface area contributed by atoms with E-state index < -0.39 is 0 Å². The van der Waals surface area contributed by atoms with Crippen molar-refractivity contribution in [3.63, 3.8) is 0 Å². The van der Waals surface area contributed by atoms with Crippen molar-refractivity contribution in [3.05, 3.63) is 35.9 Å². The summed E-state index contributed by atoms with van der Waals surface area (Å²) in [6, 6.07) is 10.2. The average molecular weight is 300 g/mol. The number of alkyl halides is 1. The number of ether oxygens (including phenoxy) is 1. The average Bonchev–Trinajstić information content (AvgIpc) is 2.36. The van der Waals surface area contributed by atoms with Crippen LogP contribution in [0.3, 0.4) is 0 Å². The van der Waals surface area contributed by atoms with Crippen LogP contribution in [0.1, 0.15) is 12.5 Å². The molecule has 0 radical (unpaired) electrons. The predicted molar refractivity (Wildman–Crippen MR) is 72.4 cm³/mol. The van der Waals surface area contributed by atoms with E-state index in [-0.39, 0.29) is 18.6 Å². The highest BCUT2D eigenvalue weighted by atomic mass is 79.9. The molecule has 1 N–H and O–H groups in total. The Morgan fingerprint density at radius 3 is 2.71 bits per heavy atom. The third kappa shape index (κ3) is 5.84. The number of carbonyl (C=O) groups is 1. The van der Waals surface area contributed by atoms with Crippen LogP contribution in [-0.2, 0) is 16.0 Å². The first-order chi connectivity index (χ1) is 8.26. The zero-order valence-corrected chi connectivity index (χ0v) is 11.6. The van der Waals surface area contributed by atoms with Gasteiger partial charge in [0, 0.05) is 18.0 Å². The fourth-order valence-corrected chi connectivity index (χ4v) is 1.90. The lowest BCUT2D eigenvalue weighted by Crippen LogP contribution is -2.39. The van der Waals surface area contributed by atoms with Gasteiger partial charge >= 0.3 is 0 Å². The highest BCUT2D eigenvalue weighted by Crippen LogP contribution is 2.05. The molecule has 0 bridgehead atoms. The summed E-state index contributed by atoms with van der Waals surface area (Å²) in [6.45, 7) is 2.57. The van der Waals surface area contributed by atoms with E-state index >= 15 is 0 Å². The third-order valence-electron chi connectivity index (χ3n) is 2.31. The molecule has 3 nitrogen and oxygen atoms in total. The highest BCUT2D eigenvalue weighted by Gasteiger charge is 2.11. The van der Waals surface area contributed by atoms with Crippen molar-refractivity contribution in [1.82, 2.24) is 5.32 Å². The molecule has 1 aromatic rings. The van der Waals surface area contributed by atoms with E-state index in [4.69, 9.17) is 4.74 Å². The van der Waals surface area contributed by atoms with Crippen LogP contribution in [0.5, 0.6) is 0 Å². The summed E-state index contributed by atoms with van der Waals surface area (Å²) in [5.41, 5.74) is 1.22. The van der Waals surface area contributed by atoms with Gasteiger partial charge in [0.05, 0.1) is 0 Å². The highest BCUT2D eigenvalue weighted by molar-refractivity contribution is 9.09. The fraction of sp³-hybridized carbons (Fsp3) is 0.462. The minimum atomic E-state index is -0.0627. The van der Waals surface area contributed by atoms with Crippen LogP contribution in [0.2, 0.25) is 0 Å². The molecule has 17 heavy (non-hydrogen) atoms. The number of hydrogen-bond donors (Lipinski definition) is 1. The Morgan fingerprint density at radius 2 is 2.12 bits per heavy atom. The molecule has 1 amide bonds. The van der Waals surface area contributed by atoms with Gasteiger partial charge in [-0.2, -0.15) is 0 Å². The number of rotatable bonds is 7. The Hall–Kier alpha value is -0.870. The molecular weight excluding hydrogens is 282 g/mol. The largest absolute Gasteiger partial charge is 0.372 e. The molecule has 4 heteroatoms. The summed E-state index contributed by atoms with van der Waals surface area (Å²) in [5, 5.41) is 3.68. The second kappa shape index (κ2) is 8.25. The van der Waals surface area contributed by atoms with E-state index in [1.54, 1.807) is 0 Å². The maximum Gasteiger partial charge on any atom is 0.246 e. The van der Waals surface area contributed by atoms with E-state index in [0.717, 1.165) is 11.8 Å². The molecule has 0 fully saturated rings. The lowest BCUT2D eigenvalue weighted by atomic mass is 10.1. The van der Waals surface area contributed by atoms with Crippen LogP contribution in [-0.4, -0.2) is 30.5 Å². The number of halogens is 1. The zero-order chi connectivity index (χ0) is 12.5. The van der Waals surface area contributed by atoms with Crippen LogP contribution < -0.4 is 5.32 Å². The maximum absolute atomic E-state index is 11.5. The van der Waals surface area contributed by atoms with Gasteiger partial charge in [-0.25, -0.2) is 0 Å². The monoisotopic (exact) mass is 299 g/mol. The van der Waals surface area contributed by atoms with Gasteiger partial charge in [0.2, 0.25) is 5.91 Å². The van der Waals surface area contributed by atoms with Crippen LogP contribution in [0.4, 0.5) is 0 Å². The van der Waals surface area contributed by atoms with Crippen molar-refractivity contribution in [3.8, 4) is 0 Å². The Morgan fingerprint density at radius 1 is 1.41 bits per heavy atom. The Kier molecular flexibility index (Phi) is 6.89. The first kappa shape index (κ1) is 14.2. The standard InChI is InChI=1S/C13H18BrNO2/c1-2-17-10-13(16)15-12(9-14)8-11-6-4-3-5-7-11/h3-7,12H,2,8-10H2,1H3,(H,15,16). The first-order valence-electron chi connectivity index (χ1n) is 5.73. The van der Waals surface area contributed by atoms with E-state index in [0.29, 0.717) is 6.61 Å². The Bertz CT molecular complexity index is 329. The molecule has 0 aliphatic rings. The van der Waals surface area contributed by atoms with Gasteiger partial charge < -0.3 is 10.1 Å². The molecule has 0 saturated heterocycles. The fourth-order valence-electron chi connectivity index (χ4n) is 1.51.